The zero-order valence-corrected chi connectivity index (χ0v) is 5.99. The van der Waals surface area contributed by atoms with Crippen LogP contribution in [0.4, 0.5) is 0 Å². The van der Waals surface area contributed by atoms with Crippen molar-refractivity contribution in [3.05, 3.63) is 0 Å². The molecular weight excluding hydrogens is 134 g/mol. The van der Waals surface area contributed by atoms with Crippen molar-refractivity contribution in [2.75, 3.05) is 20.3 Å². The Morgan fingerprint density at radius 1 is 1.60 bits per heavy atom. The lowest BCUT2D eigenvalue weighted by atomic mass is 10.1. The summed E-state index contributed by atoms with van der Waals surface area (Å²) in [7, 11) is 1.54. The highest BCUT2D eigenvalue weighted by Crippen LogP contribution is 2.08. The van der Waals surface area contributed by atoms with E-state index < -0.39 is 6.10 Å². The predicted molar refractivity (Wildman–Crippen MR) is 35.6 cm³/mol. The normalized spacial score (nSPS) is 41.7. The molecule has 0 saturated carbocycles. The molecule has 0 bridgehead atoms. The van der Waals surface area contributed by atoms with Gasteiger partial charge in [-0.25, -0.2) is 0 Å². The van der Waals surface area contributed by atoms with Gasteiger partial charge in [-0.2, -0.15) is 0 Å². The predicted octanol–water partition coefficient (Wildman–Crippen LogP) is -1.28. The summed E-state index contributed by atoms with van der Waals surface area (Å²) < 4.78 is 9.96. The summed E-state index contributed by atoms with van der Waals surface area (Å²) in [6.45, 7) is 0.854. The summed E-state index contributed by atoms with van der Waals surface area (Å²) in [5, 5.41) is 9.31. The van der Waals surface area contributed by atoms with Crippen molar-refractivity contribution < 1.29 is 14.6 Å². The van der Waals surface area contributed by atoms with E-state index in [4.69, 9.17) is 15.2 Å². The molecule has 0 amide bonds. The van der Waals surface area contributed by atoms with Gasteiger partial charge in [0.25, 0.3) is 0 Å². The average molecular weight is 147 g/mol. The minimum Gasteiger partial charge on any atom is -0.389 e. The van der Waals surface area contributed by atoms with Crippen molar-refractivity contribution in [3.63, 3.8) is 0 Å². The van der Waals surface area contributed by atoms with Crippen molar-refractivity contribution in [1.82, 2.24) is 0 Å². The van der Waals surface area contributed by atoms with Gasteiger partial charge in [-0.05, 0) is 0 Å². The average Bonchev–Trinajstić information content (AvgIpc) is 1.95. The minimum atomic E-state index is -0.584. The number of ether oxygens (including phenoxy) is 2. The lowest BCUT2D eigenvalue weighted by Gasteiger charge is -2.31. The molecule has 0 radical (unpaired) electrons. The lowest BCUT2D eigenvalue weighted by Crippen LogP contribution is -2.52. The summed E-state index contributed by atoms with van der Waals surface area (Å²) in [5.41, 5.74) is 5.49. The maximum atomic E-state index is 9.31. The van der Waals surface area contributed by atoms with Crippen LogP contribution in [-0.2, 0) is 9.47 Å². The highest BCUT2D eigenvalue weighted by molar-refractivity contribution is 4.83. The van der Waals surface area contributed by atoms with E-state index in [1.807, 2.05) is 0 Å². The third-order valence-corrected chi connectivity index (χ3v) is 1.71. The number of hydrogen-bond donors (Lipinski definition) is 2. The van der Waals surface area contributed by atoms with Crippen LogP contribution in [0.15, 0.2) is 0 Å². The Bertz CT molecular complexity index is 109. The molecule has 0 aliphatic carbocycles. The van der Waals surface area contributed by atoms with Gasteiger partial charge < -0.3 is 20.3 Å². The highest BCUT2D eigenvalue weighted by Gasteiger charge is 2.29. The fourth-order valence-corrected chi connectivity index (χ4v) is 1.00. The molecular formula is C6H13NO3. The Hall–Kier alpha value is -0.160. The van der Waals surface area contributed by atoms with E-state index in [0.29, 0.717) is 13.2 Å². The van der Waals surface area contributed by atoms with Gasteiger partial charge in [0.05, 0.1) is 25.4 Å². The molecule has 1 aliphatic heterocycles. The van der Waals surface area contributed by atoms with Crippen LogP contribution in [0.25, 0.3) is 0 Å². The van der Waals surface area contributed by atoms with Crippen LogP contribution in [0.5, 0.6) is 0 Å². The van der Waals surface area contributed by atoms with Crippen molar-refractivity contribution in [2.24, 2.45) is 5.73 Å². The van der Waals surface area contributed by atoms with Gasteiger partial charge in [0.1, 0.15) is 6.10 Å². The highest BCUT2D eigenvalue weighted by atomic mass is 16.5. The number of rotatable bonds is 1. The number of aliphatic hydroxyl groups is 1. The van der Waals surface area contributed by atoms with Gasteiger partial charge in [-0.1, -0.05) is 0 Å². The summed E-state index contributed by atoms with van der Waals surface area (Å²) in [6.07, 6.45) is -0.845. The lowest BCUT2D eigenvalue weighted by molar-refractivity contribution is -0.112. The van der Waals surface area contributed by atoms with Crippen molar-refractivity contribution >= 4 is 0 Å². The molecule has 0 aromatic rings. The Morgan fingerprint density at radius 2 is 2.30 bits per heavy atom. The minimum absolute atomic E-state index is 0.260. The van der Waals surface area contributed by atoms with Gasteiger partial charge in [0, 0.05) is 7.11 Å². The molecule has 1 rings (SSSR count). The molecule has 60 valence electrons. The van der Waals surface area contributed by atoms with Crippen LogP contribution in [0.2, 0.25) is 0 Å². The second kappa shape index (κ2) is 3.30. The first-order valence-corrected chi connectivity index (χ1v) is 3.30. The van der Waals surface area contributed by atoms with E-state index in [1.165, 1.54) is 7.11 Å². The standard InChI is InChI=1S/C6H13NO3/c1-9-5-3-10-2-4(7)6(5)8/h4-6,8H,2-3,7H2,1H3/t4-,5-,6+/m1/s1. The van der Waals surface area contributed by atoms with E-state index in [2.05, 4.69) is 0 Å². The zero-order valence-electron chi connectivity index (χ0n) is 5.99. The molecule has 3 atom stereocenters. The van der Waals surface area contributed by atoms with Crippen LogP contribution in [0.3, 0.4) is 0 Å². The Morgan fingerprint density at radius 3 is 2.80 bits per heavy atom. The molecule has 10 heavy (non-hydrogen) atoms. The third kappa shape index (κ3) is 1.46. The molecule has 4 nitrogen and oxygen atoms in total. The second-order valence-corrected chi connectivity index (χ2v) is 2.47. The summed E-state index contributed by atoms with van der Waals surface area (Å²) in [5.74, 6) is 0. The molecule has 4 heteroatoms. The van der Waals surface area contributed by atoms with E-state index >= 15 is 0 Å². The van der Waals surface area contributed by atoms with Gasteiger partial charge in [-0.15, -0.1) is 0 Å². The van der Waals surface area contributed by atoms with Gasteiger partial charge >= 0.3 is 0 Å². The van der Waals surface area contributed by atoms with Crippen LogP contribution in [0.1, 0.15) is 0 Å². The molecule has 1 fully saturated rings. The van der Waals surface area contributed by atoms with Gasteiger partial charge in [0.15, 0.2) is 0 Å². The fraction of sp³-hybridized carbons (Fsp3) is 1.00. The zero-order chi connectivity index (χ0) is 7.56. The number of nitrogens with two attached hydrogens (primary N) is 1. The fourth-order valence-electron chi connectivity index (χ4n) is 1.00. The number of aliphatic hydroxyl groups excluding tert-OH is 1. The quantitative estimate of drug-likeness (QED) is 0.485. The van der Waals surface area contributed by atoms with Crippen molar-refractivity contribution in [2.45, 2.75) is 18.2 Å². The van der Waals surface area contributed by atoms with E-state index in [-0.39, 0.29) is 12.1 Å². The van der Waals surface area contributed by atoms with Crippen LogP contribution < -0.4 is 5.73 Å². The molecule has 0 aromatic carbocycles. The number of hydrogen-bond acceptors (Lipinski definition) is 4. The van der Waals surface area contributed by atoms with E-state index in [9.17, 15) is 5.11 Å². The van der Waals surface area contributed by atoms with Crippen molar-refractivity contribution in [1.29, 1.82) is 0 Å². The van der Waals surface area contributed by atoms with Crippen LogP contribution in [0, 0.1) is 0 Å². The molecule has 0 aromatic heterocycles. The van der Waals surface area contributed by atoms with E-state index in [0.717, 1.165) is 0 Å². The Balaban J connectivity index is 2.42. The Kier molecular flexibility index (Phi) is 2.62. The maximum absolute atomic E-state index is 9.31. The first kappa shape index (κ1) is 7.94. The van der Waals surface area contributed by atoms with Crippen LogP contribution >= 0.6 is 0 Å². The third-order valence-electron chi connectivity index (χ3n) is 1.71. The van der Waals surface area contributed by atoms with Crippen LogP contribution in [-0.4, -0.2) is 43.7 Å². The molecule has 1 aliphatic rings. The topological polar surface area (TPSA) is 64.7 Å². The Labute approximate surface area is 59.9 Å². The summed E-state index contributed by atoms with van der Waals surface area (Å²) in [6, 6.07) is -0.307. The number of methoxy groups -OCH3 is 1. The molecule has 1 saturated heterocycles. The van der Waals surface area contributed by atoms with Gasteiger partial charge in [-0.3, -0.25) is 0 Å². The monoisotopic (exact) mass is 147 g/mol. The molecule has 0 unspecified atom stereocenters. The molecule has 3 N–H and O–H groups in total. The molecule has 0 spiro atoms. The summed E-state index contributed by atoms with van der Waals surface area (Å²) >= 11 is 0. The SMILES string of the molecule is CO[C@@H]1COC[C@@H](N)[C@@H]1O. The second-order valence-electron chi connectivity index (χ2n) is 2.47. The largest absolute Gasteiger partial charge is 0.389 e. The first-order valence-electron chi connectivity index (χ1n) is 3.30. The smallest absolute Gasteiger partial charge is 0.108 e. The summed E-state index contributed by atoms with van der Waals surface area (Å²) in [4.78, 5) is 0. The molecule has 1 heterocycles. The van der Waals surface area contributed by atoms with Gasteiger partial charge in [0.2, 0.25) is 0 Å². The first-order chi connectivity index (χ1) is 4.75. The maximum Gasteiger partial charge on any atom is 0.108 e. The van der Waals surface area contributed by atoms with E-state index in [1.54, 1.807) is 0 Å². The van der Waals surface area contributed by atoms with Crippen molar-refractivity contribution in [3.8, 4) is 0 Å².